The molecule has 0 bridgehead atoms. The number of H-pyrrole nitrogens is 1. The molecule has 0 saturated carbocycles. The number of nitrogens with zero attached hydrogens (tertiary/aromatic N) is 1. The van der Waals surface area contributed by atoms with Crippen molar-refractivity contribution >= 4 is 35.0 Å². The van der Waals surface area contributed by atoms with E-state index >= 15 is 0 Å². The summed E-state index contributed by atoms with van der Waals surface area (Å²) in [6.45, 7) is 2.30. The van der Waals surface area contributed by atoms with Gasteiger partial charge < -0.3 is 14.8 Å². The van der Waals surface area contributed by atoms with Crippen LogP contribution in [0.2, 0.25) is 0 Å². The quantitative estimate of drug-likeness (QED) is 0.605. The molecule has 0 spiro atoms. The number of ether oxygens (including phenoxy) is 1. The molecule has 4 rings (SSSR count). The van der Waals surface area contributed by atoms with Crippen LogP contribution in [0.1, 0.15) is 37.1 Å². The molecule has 0 radical (unpaired) electrons. The van der Waals surface area contributed by atoms with E-state index in [1.807, 2.05) is 43.3 Å². The molecule has 0 fully saturated rings. The molecule has 5 nitrogen and oxygen atoms in total. The van der Waals surface area contributed by atoms with E-state index in [-0.39, 0.29) is 4.88 Å². The van der Waals surface area contributed by atoms with Crippen LogP contribution in [0.5, 0.6) is 5.75 Å². The SMILES string of the molecule is Cc1ccccc1COc1cc(C2(Cl)C=Cc3[nH]cnc3C2)sc1C(=O)O. The molecule has 0 saturated heterocycles. The number of benzene rings is 1. The van der Waals surface area contributed by atoms with E-state index in [4.69, 9.17) is 16.3 Å². The molecule has 2 heterocycles. The first-order valence-corrected chi connectivity index (χ1v) is 9.61. The van der Waals surface area contributed by atoms with Crippen LogP contribution in [0.15, 0.2) is 42.7 Å². The van der Waals surface area contributed by atoms with Gasteiger partial charge in [0.1, 0.15) is 17.2 Å². The molecule has 1 aliphatic carbocycles. The molecule has 1 atom stereocenters. The summed E-state index contributed by atoms with van der Waals surface area (Å²) in [4.78, 5) is 19.1. The van der Waals surface area contributed by atoms with E-state index in [0.717, 1.165) is 38.7 Å². The van der Waals surface area contributed by atoms with Crippen molar-refractivity contribution in [1.29, 1.82) is 0 Å². The number of aromatic nitrogens is 2. The number of allylic oxidation sites excluding steroid dienone is 1. The Morgan fingerprint density at radius 3 is 3.04 bits per heavy atom. The predicted molar refractivity (Wildman–Crippen MR) is 106 cm³/mol. The average Bonchev–Trinajstić information content (AvgIpc) is 3.27. The standard InChI is InChI=1S/C20H17ClN2O3S/c1-12-4-2-3-5-13(12)10-26-16-8-17(27-18(16)19(24)25)20(21)7-6-14-15(9-20)23-11-22-14/h2-8,11H,9-10H2,1H3,(H,22,23)(H,24,25). The van der Waals surface area contributed by atoms with Gasteiger partial charge >= 0.3 is 5.97 Å². The summed E-state index contributed by atoms with van der Waals surface area (Å²) in [6.07, 6.45) is 5.87. The second kappa shape index (κ2) is 6.87. The van der Waals surface area contributed by atoms with Gasteiger partial charge in [0.25, 0.3) is 0 Å². The molecule has 1 aromatic carbocycles. The molecule has 1 unspecified atom stereocenters. The van der Waals surface area contributed by atoms with Gasteiger partial charge in [0.15, 0.2) is 4.88 Å². The minimum atomic E-state index is -1.02. The van der Waals surface area contributed by atoms with Crippen molar-refractivity contribution in [3.05, 3.63) is 75.0 Å². The van der Waals surface area contributed by atoms with Gasteiger partial charge in [-0.1, -0.05) is 30.3 Å². The number of aromatic amines is 1. The zero-order valence-corrected chi connectivity index (χ0v) is 16.1. The van der Waals surface area contributed by atoms with Gasteiger partial charge in [-0.15, -0.1) is 22.9 Å². The Morgan fingerprint density at radius 2 is 2.26 bits per heavy atom. The average molecular weight is 401 g/mol. The first kappa shape index (κ1) is 17.8. The number of hydrogen-bond donors (Lipinski definition) is 2. The topological polar surface area (TPSA) is 75.2 Å². The number of hydrogen-bond acceptors (Lipinski definition) is 4. The third-order valence-corrected chi connectivity index (χ3v) is 6.49. The number of aryl methyl sites for hydroxylation is 1. The van der Waals surface area contributed by atoms with Gasteiger partial charge in [-0.25, -0.2) is 9.78 Å². The fourth-order valence-corrected chi connectivity index (χ4v) is 4.43. The Morgan fingerprint density at radius 1 is 1.44 bits per heavy atom. The summed E-state index contributed by atoms with van der Waals surface area (Å²) in [7, 11) is 0. The van der Waals surface area contributed by atoms with Crippen LogP contribution in [-0.2, 0) is 17.9 Å². The summed E-state index contributed by atoms with van der Waals surface area (Å²) in [5, 5.41) is 9.59. The number of alkyl halides is 1. The van der Waals surface area contributed by atoms with Crippen LogP contribution < -0.4 is 4.74 Å². The Bertz CT molecular complexity index is 1040. The number of nitrogens with one attached hydrogen (secondary N) is 1. The Balaban J connectivity index is 1.63. The van der Waals surface area contributed by atoms with Crippen LogP contribution >= 0.6 is 22.9 Å². The number of rotatable bonds is 5. The number of carbonyl (C=O) groups is 1. The molecule has 27 heavy (non-hydrogen) atoms. The van der Waals surface area contributed by atoms with Crippen molar-refractivity contribution in [2.75, 3.05) is 0 Å². The summed E-state index contributed by atoms with van der Waals surface area (Å²) in [5.74, 6) is -0.682. The van der Waals surface area contributed by atoms with E-state index in [0.29, 0.717) is 18.8 Å². The highest BCUT2D eigenvalue weighted by Crippen LogP contribution is 2.45. The van der Waals surface area contributed by atoms with E-state index in [9.17, 15) is 9.90 Å². The van der Waals surface area contributed by atoms with E-state index < -0.39 is 10.8 Å². The monoisotopic (exact) mass is 400 g/mol. The Kier molecular flexibility index (Phi) is 4.53. The minimum Gasteiger partial charge on any atom is -0.487 e. The lowest BCUT2D eigenvalue weighted by molar-refractivity contribution is 0.0697. The maximum absolute atomic E-state index is 11.7. The molecule has 2 aromatic heterocycles. The van der Waals surface area contributed by atoms with Crippen molar-refractivity contribution in [3.63, 3.8) is 0 Å². The molecule has 1 aliphatic rings. The summed E-state index contributed by atoms with van der Waals surface area (Å²) < 4.78 is 5.86. The Labute approximate surface area is 165 Å². The van der Waals surface area contributed by atoms with Crippen molar-refractivity contribution < 1.29 is 14.6 Å². The van der Waals surface area contributed by atoms with Crippen molar-refractivity contribution in [2.45, 2.75) is 24.8 Å². The molecule has 0 amide bonds. The largest absolute Gasteiger partial charge is 0.487 e. The first-order valence-electron chi connectivity index (χ1n) is 8.41. The number of fused-ring (bicyclic) bond motifs is 1. The third kappa shape index (κ3) is 3.38. The highest BCUT2D eigenvalue weighted by Gasteiger charge is 2.35. The van der Waals surface area contributed by atoms with E-state index in [2.05, 4.69) is 9.97 Å². The van der Waals surface area contributed by atoms with E-state index in [1.54, 1.807) is 12.4 Å². The lowest BCUT2D eigenvalue weighted by atomic mass is 9.94. The summed E-state index contributed by atoms with van der Waals surface area (Å²) >= 11 is 7.98. The fraction of sp³-hybridized carbons (Fsp3) is 0.200. The van der Waals surface area contributed by atoms with Gasteiger partial charge in [-0.05, 0) is 30.2 Å². The molecule has 7 heteroatoms. The maximum atomic E-state index is 11.7. The second-order valence-corrected chi connectivity index (χ2v) is 8.19. The van der Waals surface area contributed by atoms with Gasteiger partial charge in [0.2, 0.25) is 0 Å². The summed E-state index contributed by atoms with van der Waals surface area (Å²) in [6, 6.07) is 9.60. The van der Waals surface area contributed by atoms with Crippen LogP contribution in [-0.4, -0.2) is 21.0 Å². The highest BCUT2D eigenvalue weighted by molar-refractivity contribution is 7.14. The van der Waals surface area contributed by atoms with Gasteiger partial charge in [-0.3, -0.25) is 0 Å². The smallest absolute Gasteiger partial charge is 0.349 e. The minimum absolute atomic E-state index is 0.153. The van der Waals surface area contributed by atoms with Crippen LogP contribution in [0.25, 0.3) is 6.08 Å². The lowest BCUT2D eigenvalue weighted by Gasteiger charge is -2.24. The van der Waals surface area contributed by atoms with Crippen molar-refractivity contribution in [2.24, 2.45) is 0 Å². The first-order chi connectivity index (χ1) is 13.0. The Hall–Kier alpha value is -2.57. The normalized spacial score (nSPS) is 18.3. The number of aromatic carboxylic acids is 1. The molecule has 0 aliphatic heterocycles. The van der Waals surface area contributed by atoms with Gasteiger partial charge in [0.05, 0.1) is 17.7 Å². The molecular weight excluding hydrogens is 384 g/mol. The molecule has 138 valence electrons. The zero-order chi connectivity index (χ0) is 19.0. The number of halogens is 1. The number of thiophene rings is 1. The molecular formula is C20H17ClN2O3S. The summed E-state index contributed by atoms with van der Waals surface area (Å²) in [5.41, 5.74) is 3.90. The molecule has 3 aromatic rings. The third-order valence-electron chi connectivity index (χ3n) is 4.64. The number of carboxylic acids is 1. The predicted octanol–water partition coefficient (Wildman–Crippen LogP) is 4.76. The number of imidazole rings is 1. The van der Waals surface area contributed by atoms with Crippen LogP contribution in [0.4, 0.5) is 0 Å². The fourth-order valence-electron chi connectivity index (χ4n) is 3.07. The van der Waals surface area contributed by atoms with E-state index in [1.165, 1.54) is 0 Å². The van der Waals surface area contributed by atoms with Crippen LogP contribution in [0.3, 0.4) is 0 Å². The lowest BCUT2D eigenvalue weighted by Crippen LogP contribution is -2.21. The second-order valence-electron chi connectivity index (χ2n) is 6.46. The van der Waals surface area contributed by atoms with Gasteiger partial charge in [-0.2, -0.15) is 0 Å². The van der Waals surface area contributed by atoms with Crippen molar-refractivity contribution in [1.82, 2.24) is 9.97 Å². The highest BCUT2D eigenvalue weighted by atomic mass is 35.5. The number of carboxylic acid groups (broad SMARTS) is 1. The maximum Gasteiger partial charge on any atom is 0.349 e. The zero-order valence-electron chi connectivity index (χ0n) is 14.5. The molecule has 2 N–H and O–H groups in total. The van der Waals surface area contributed by atoms with Crippen LogP contribution in [0, 0.1) is 6.92 Å². The van der Waals surface area contributed by atoms with Crippen molar-refractivity contribution in [3.8, 4) is 5.75 Å². The van der Waals surface area contributed by atoms with Gasteiger partial charge in [0, 0.05) is 11.3 Å².